The summed E-state index contributed by atoms with van der Waals surface area (Å²) < 4.78 is 5.07. The Morgan fingerprint density at radius 2 is 1.39 bits per heavy atom. The minimum atomic E-state index is -1.38. The van der Waals surface area contributed by atoms with Gasteiger partial charge in [0.1, 0.15) is 5.75 Å². The molecular weight excluding hydrogens is 328 g/mol. The molecule has 0 bridgehead atoms. The van der Waals surface area contributed by atoms with E-state index in [1.54, 1.807) is 31.4 Å². The molecule has 2 aliphatic rings. The second-order valence-corrected chi connectivity index (χ2v) is 4.72. The van der Waals surface area contributed by atoms with Crippen molar-refractivity contribution in [3.05, 3.63) is 93.5 Å². The third kappa shape index (κ3) is 5.28. The Morgan fingerprint density at radius 1 is 0.913 bits per heavy atom. The topological polar surface area (TPSA) is 29.5 Å². The zero-order valence-corrected chi connectivity index (χ0v) is 13.9. The molecule has 2 saturated carbocycles. The van der Waals surface area contributed by atoms with Crippen LogP contribution in [0, 0.1) is 76.0 Å². The van der Waals surface area contributed by atoms with Crippen LogP contribution in [-0.4, -0.2) is 12.2 Å². The molecule has 1 N–H and O–H groups in total. The maximum atomic E-state index is 10.5. The zero-order chi connectivity index (χ0) is 15.8. The summed E-state index contributed by atoms with van der Waals surface area (Å²) in [7, 11) is 1.60. The fourth-order valence-corrected chi connectivity index (χ4v) is 2.10. The molecule has 3 rings (SSSR count). The van der Waals surface area contributed by atoms with Crippen LogP contribution in [0.5, 0.6) is 5.75 Å². The number of benzene rings is 1. The molecule has 1 aromatic carbocycles. The van der Waals surface area contributed by atoms with Crippen LogP contribution in [-0.2, 0) is 22.7 Å². The molecule has 0 spiro atoms. The smallest absolute Gasteiger partial charge is 0.497 e. The molecule has 2 nitrogen and oxygen atoms in total. The first-order chi connectivity index (χ1) is 10.7. The van der Waals surface area contributed by atoms with Crippen LogP contribution >= 0.6 is 0 Å². The summed E-state index contributed by atoms with van der Waals surface area (Å²) in [6.07, 6.45) is 22.8. The average Bonchev–Trinajstić information content (AvgIpc) is 3.29. The number of aliphatic hydroxyl groups is 1. The predicted octanol–water partition coefficient (Wildman–Crippen LogP) is 2.94. The van der Waals surface area contributed by atoms with Gasteiger partial charge in [-0.1, -0.05) is 18.1 Å². The first kappa shape index (κ1) is 20.1. The van der Waals surface area contributed by atoms with Crippen LogP contribution in [0.4, 0.5) is 0 Å². The maximum absolute atomic E-state index is 10.5. The van der Waals surface area contributed by atoms with Crippen molar-refractivity contribution < 1.29 is 26.9 Å². The Bertz CT molecular complexity index is 474. The molecule has 0 heterocycles. The Morgan fingerprint density at radius 3 is 1.78 bits per heavy atom. The molecular formula is C20H18FeO2+2. The Labute approximate surface area is 151 Å². The van der Waals surface area contributed by atoms with Gasteiger partial charge in [-0.2, -0.15) is 0 Å². The van der Waals surface area contributed by atoms with E-state index in [0.29, 0.717) is 11.5 Å². The largest absolute Gasteiger partial charge is 2.00 e. The Balaban J connectivity index is 0.000000377. The summed E-state index contributed by atoms with van der Waals surface area (Å²) in [4.78, 5) is 0. The van der Waals surface area contributed by atoms with Crippen molar-refractivity contribution in [3.8, 4) is 18.1 Å². The van der Waals surface area contributed by atoms with E-state index in [4.69, 9.17) is 11.2 Å². The Kier molecular flexibility index (Phi) is 8.77. The SMILES string of the molecule is C#CC(O)([C]1[CH][CH][CH][CH]1)c1ccc(OC)cc1.[CH]1[CH][CH][CH][CH]1.[Fe+2]. The summed E-state index contributed by atoms with van der Waals surface area (Å²) in [6, 6.07) is 7.10. The minimum Gasteiger partial charge on any atom is -0.497 e. The van der Waals surface area contributed by atoms with Gasteiger partial charge in [0.15, 0.2) is 5.60 Å². The summed E-state index contributed by atoms with van der Waals surface area (Å²) in [5.41, 5.74) is -0.720. The van der Waals surface area contributed by atoms with Gasteiger partial charge in [0, 0.05) is 5.92 Å². The van der Waals surface area contributed by atoms with E-state index < -0.39 is 5.60 Å². The summed E-state index contributed by atoms with van der Waals surface area (Å²) in [6.45, 7) is 0. The molecule has 1 aromatic rings. The van der Waals surface area contributed by atoms with E-state index in [1.807, 2.05) is 57.8 Å². The van der Waals surface area contributed by atoms with Gasteiger partial charge in [0.25, 0.3) is 0 Å². The number of ether oxygens (including phenoxy) is 1. The molecule has 1 atom stereocenters. The molecule has 116 valence electrons. The van der Waals surface area contributed by atoms with Gasteiger partial charge in [-0.25, -0.2) is 0 Å². The first-order valence-corrected chi connectivity index (χ1v) is 6.94. The molecule has 0 aromatic heterocycles. The van der Waals surface area contributed by atoms with Crippen molar-refractivity contribution in [2.24, 2.45) is 0 Å². The molecule has 0 saturated heterocycles. The molecule has 2 aliphatic carbocycles. The van der Waals surface area contributed by atoms with E-state index in [-0.39, 0.29) is 17.1 Å². The fraction of sp³-hybridized carbons (Fsp3) is 0.100. The summed E-state index contributed by atoms with van der Waals surface area (Å²) in [5, 5.41) is 10.5. The second-order valence-electron chi connectivity index (χ2n) is 4.72. The van der Waals surface area contributed by atoms with Crippen molar-refractivity contribution in [2.45, 2.75) is 5.60 Å². The Hall–Kier alpha value is -0.941. The van der Waals surface area contributed by atoms with Crippen molar-refractivity contribution >= 4 is 0 Å². The van der Waals surface area contributed by atoms with Crippen LogP contribution in [0.1, 0.15) is 5.56 Å². The van der Waals surface area contributed by atoms with Crippen LogP contribution in [0.2, 0.25) is 0 Å². The summed E-state index contributed by atoms with van der Waals surface area (Å²) >= 11 is 0. The van der Waals surface area contributed by atoms with Crippen molar-refractivity contribution in [2.75, 3.05) is 7.11 Å². The van der Waals surface area contributed by atoms with Gasteiger partial charge in [-0.15, -0.1) is 6.42 Å². The minimum absolute atomic E-state index is 0. The average molecular weight is 346 g/mol. The monoisotopic (exact) mass is 346 g/mol. The van der Waals surface area contributed by atoms with Gasteiger partial charge in [-0.05, 0) is 75.5 Å². The predicted molar refractivity (Wildman–Crippen MR) is 87.7 cm³/mol. The molecule has 0 amide bonds. The van der Waals surface area contributed by atoms with E-state index in [9.17, 15) is 5.11 Å². The van der Waals surface area contributed by atoms with Crippen molar-refractivity contribution in [3.63, 3.8) is 0 Å². The zero-order valence-electron chi connectivity index (χ0n) is 12.8. The summed E-state index contributed by atoms with van der Waals surface area (Å²) in [5.74, 6) is 3.88. The van der Waals surface area contributed by atoms with Crippen molar-refractivity contribution in [1.82, 2.24) is 0 Å². The van der Waals surface area contributed by atoms with Gasteiger partial charge in [-0.3, -0.25) is 0 Å². The third-order valence-electron chi connectivity index (χ3n) is 3.35. The van der Waals surface area contributed by atoms with Crippen LogP contribution in [0.25, 0.3) is 0 Å². The van der Waals surface area contributed by atoms with E-state index in [2.05, 4.69) is 5.92 Å². The quantitative estimate of drug-likeness (QED) is 0.674. The normalized spacial score (nSPS) is 19.7. The standard InChI is InChI=1S/C15H13O2.C5H5.Fe/c1-3-15(16,12-6-4-5-7-12)13-8-10-14(17-2)11-9-13;1-2-4-5-3-1;/h1,4-11,16H,2H3;1-5H;/q;;+2. The molecule has 23 heavy (non-hydrogen) atoms. The molecule has 1 unspecified atom stereocenters. The molecule has 2 fully saturated rings. The van der Waals surface area contributed by atoms with E-state index in [0.717, 1.165) is 5.75 Å². The van der Waals surface area contributed by atoms with Gasteiger partial charge >= 0.3 is 17.1 Å². The number of rotatable bonds is 3. The molecule has 10 radical (unpaired) electrons. The van der Waals surface area contributed by atoms with Gasteiger partial charge in [0.05, 0.1) is 7.11 Å². The number of hydrogen-bond acceptors (Lipinski definition) is 2. The van der Waals surface area contributed by atoms with E-state index in [1.165, 1.54) is 0 Å². The van der Waals surface area contributed by atoms with E-state index >= 15 is 0 Å². The number of terminal acetylenes is 1. The third-order valence-corrected chi connectivity index (χ3v) is 3.35. The number of hydrogen-bond donors (Lipinski definition) is 1. The molecule has 0 aliphatic heterocycles. The van der Waals surface area contributed by atoms with Gasteiger partial charge < -0.3 is 9.84 Å². The van der Waals surface area contributed by atoms with Crippen LogP contribution in [0.3, 0.4) is 0 Å². The van der Waals surface area contributed by atoms with Crippen molar-refractivity contribution in [1.29, 1.82) is 0 Å². The van der Waals surface area contributed by atoms with Crippen LogP contribution < -0.4 is 4.74 Å². The van der Waals surface area contributed by atoms with Gasteiger partial charge in [0.2, 0.25) is 0 Å². The second kappa shape index (κ2) is 10.0. The fourth-order valence-electron chi connectivity index (χ4n) is 2.10. The maximum Gasteiger partial charge on any atom is 2.00 e. The molecule has 3 heteroatoms. The first-order valence-electron chi connectivity index (χ1n) is 6.94. The van der Waals surface area contributed by atoms with Crippen LogP contribution in [0.15, 0.2) is 24.3 Å². The number of methoxy groups -OCH3 is 1.